The molecule has 216 valence electrons. The summed E-state index contributed by atoms with van der Waals surface area (Å²) in [5, 5.41) is 13.7. The topological polar surface area (TPSA) is 140 Å². The highest BCUT2D eigenvalue weighted by atomic mass is 16.5. The number of rotatable bonds is 5. The van der Waals surface area contributed by atoms with Crippen molar-refractivity contribution in [3.05, 3.63) is 53.4 Å². The summed E-state index contributed by atoms with van der Waals surface area (Å²) >= 11 is 0. The van der Waals surface area contributed by atoms with Gasteiger partial charge in [-0.05, 0) is 101 Å². The Morgan fingerprint density at radius 2 is 1.62 bits per heavy atom. The Morgan fingerprint density at radius 3 is 2.13 bits per heavy atom. The van der Waals surface area contributed by atoms with Gasteiger partial charge in [-0.15, -0.1) is 0 Å². The van der Waals surface area contributed by atoms with Gasteiger partial charge in [0.1, 0.15) is 7.85 Å². The molecule has 3 aliphatic rings. The minimum atomic E-state index is -1.19. The minimum absolute atomic E-state index is 0. The Balaban J connectivity index is 0.000000273. The van der Waals surface area contributed by atoms with Crippen LogP contribution in [0.15, 0.2) is 42.2 Å². The normalized spacial score (nSPS) is 25.7. The van der Waals surface area contributed by atoms with E-state index in [2.05, 4.69) is 37.9 Å². The Morgan fingerprint density at radius 1 is 1.08 bits per heavy atom. The minimum Gasteiger partial charge on any atom is -0.398 e. The number of aliphatic hydroxyl groups is 1. The summed E-state index contributed by atoms with van der Waals surface area (Å²) in [5.74, 6) is 1.58. The van der Waals surface area contributed by atoms with E-state index in [9.17, 15) is 9.90 Å². The highest BCUT2D eigenvalue weighted by molar-refractivity contribution is 6.14. The van der Waals surface area contributed by atoms with E-state index in [-0.39, 0.29) is 36.3 Å². The second kappa shape index (κ2) is 12.8. The number of nitrogens with one attached hydrogen (secondary N) is 1. The number of carbonyl (C=O) groups is 1. The van der Waals surface area contributed by atoms with E-state index < -0.39 is 5.62 Å². The van der Waals surface area contributed by atoms with Crippen molar-refractivity contribution in [3.8, 4) is 0 Å². The van der Waals surface area contributed by atoms with Gasteiger partial charge in [-0.1, -0.05) is 26.0 Å². The standard InChI is InChI=1S/C17H30BNO2.C12H16N4O.CH4/c1-15(2)8-14(9-16(3,4)21-15)17(18,20)19-10-12-6-5-7-13(12)11-19;1-16-12(17)9-4-2-3-8(7-9)10(13)5-6-11(14)15;/h12-14,20H,5-11H2,1-4H3;2-7H,13-15H2,1H3,(H,16,17);1H4/b;10-5-;. The second-order valence-corrected chi connectivity index (χ2v) is 12.3. The quantitative estimate of drug-likeness (QED) is 0.286. The number of allylic oxidation sites excluding steroid dienone is 2. The summed E-state index contributed by atoms with van der Waals surface area (Å²) in [6, 6.07) is 6.98. The number of hydrogen-bond donors (Lipinski definition) is 5. The third-order valence-corrected chi connectivity index (χ3v) is 8.00. The third-order valence-electron chi connectivity index (χ3n) is 8.00. The maximum absolute atomic E-state index is 11.4. The maximum atomic E-state index is 11.4. The van der Waals surface area contributed by atoms with Crippen LogP contribution in [0.5, 0.6) is 0 Å². The molecule has 8 nitrogen and oxygen atoms in total. The molecule has 1 aliphatic carbocycles. The second-order valence-electron chi connectivity index (χ2n) is 12.3. The molecule has 0 bridgehead atoms. The molecule has 3 fully saturated rings. The van der Waals surface area contributed by atoms with Gasteiger partial charge >= 0.3 is 0 Å². The summed E-state index contributed by atoms with van der Waals surface area (Å²) in [6.45, 7) is 10.4. The monoisotopic (exact) mass is 539 g/mol. The lowest BCUT2D eigenvalue weighted by Gasteiger charge is -2.52. The Kier molecular flexibility index (Phi) is 10.7. The maximum Gasteiger partial charge on any atom is 0.251 e. The molecule has 2 aliphatic heterocycles. The molecular weight excluding hydrogens is 489 g/mol. The highest BCUT2D eigenvalue weighted by Gasteiger charge is 2.50. The fraction of sp³-hybridized carbons (Fsp3) is 0.633. The first-order valence-electron chi connectivity index (χ1n) is 13.6. The van der Waals surface area contributed by atoms with E-state index in [0.29, 0.717) is 11.3 Å². The molecule has 4 rings (SSSR count). The van der Waals surface area contributed by atoms with E-state index in [1.165, 1.54) is 25.3 Å². The summed E-state index contributed by atoms with van der Waals surface area (Å²) in [4.78, 5) is 13.6. The molecule has 2 radical (unpaired) electrons. The predicted molar refractivity (Wildman–Crippen MR) is 160 cm³/mol. The van der Waals surface area contributed by atoms with Crippen molar-refractivity contribution >= 4 is 19.5 Å². The SMILES string of the molecule is C.CNC(=O)c1cccc(/C(N)=C/C=C(N)N)c1.[B]C(O)(C1CC(C)(C)OC(C)(C)C1)N1CC2CCCC2C1. The van der Waals surface area contributed by atoms with E-state index in [1.807, 2.05) is 0 Å². The molecule has 2 heterocycles. The molecule has 3 unspecified atom stereocenters. The molecular formula is C30H50BN5O3. The van der Waals surface area contributed by atoms with Crippen LogP contribution in [-0.2, 0) is 4.74 Å². The largest absolute Gasteiger partial charge is 0.398 e. The van der Waals surface area contributed by atoms with Gasteiger partial charge in [0.05, 0.1) is 22.6 Å². The smallest absolute Gasteiger partial charge is 0.251 e. The summed E-state index contributed by atoms with van der Waals surface area (Å²) in [5.41, 5.74) is 16.5. The fourth-order valence-corrected chi connectivity index (χ4v) is 6.44. The lowest BCUT2D eigenvalue weighted by atomic mass is 9.67. The van der Waals surface area contributed by atoms with Gasteiger partial charge in [0.15, 0.2) is 0 Å². The van der Waals surface area contributed by atoms with Crippen LogP contribution < -0.4 is 22.5 Å². The number of likely N-dealkylation sites (tertiary alicyclic amines) is 1. The van der Waals surface area contributed by atoms with Crippen LogP contribution >= 0.6 is 0 Å². The molecule has 1 aromatic rings. The molecule has 0 aromatic heterocycles. The van der Waals surface area contributed by atoms with Gasteiger partial charge in [0.2, 0.25) is 0 Å². The highest BCUT2D eigenvalue weighted by Crippen LogP contribution is 2.46. The van der Waals surface area contributed by atoms with Crippen LogP contribution in [-0.4, -0.2) is 60.7 Å². The molecule has 1 aromatic carbocycles. The Bertz CT molecular complexity index is 1020. The molecule has 8 N–H and O–H groups in total. The summed E-state index contributed by atoms with van der Waals surface area (Å²) < 4.78 is 6.14. The molecule has 0 spiro atoms. The van der Waals surface area contributed by atoms with Crippen LogP contribution in [0.2, 0.25) is 0 Å². The van der Waals surface area contributed by atoms with Gasteiger partial charge in [-0.2, -0.15) is 0 Å². The van der Waals surface area contributed by atoms with Crippen LogP contribution in [0, 0.1) is 17.8 Å². The van der Waals surface area contributed by atoms with Crippen LogP contribution in [0.25, 0.3) is 5.70 Å². The number of amides is 1. The van der Waals surface area contributed by atoms with E-state index in [4.69, 9.17) is 29.8 Å². The van der Waals surface area contributed by atoms with Crippen molar-refractivity contribution in [1.29, 1.82) is 0 Å². The van der Waals surface area contributed by atoms with Crippen molar-refractivity contribution in [2.75, 3.05) is 20.1 Å². The summed E-state index contributed by atoms with van der Waals surface area (Å²) in [7, 11) is 8.04. The van der Waals surface area contributed by atoms with E-state index >= 15 is 0 Å². The first-order valence-corrected chi connectivity index (χ1v) is 13.6. The predicted octanol–water partition coefficient (Wildman–Crippen LogP) is 3.26. The molecule has 3 atom stereocenters. The van der Waals surface area contributed by atoms with Gasteiger partial charge in [-0.25, -0.2) is 0 Å². The number of nitrogens with two attached hydrogens (primary N) is 3. The van der Waals surface area contributed by atoms with Crippen molar-refractivity contribution < 1.29 is 14.6 Å². The van der Waals surface area contributed by atoms with Crippen LogP contribution in [0.3, 0.4) is 0 Å². The Labute approximate surface area is 236 Å². The van der Waals surface area contributed by atoms with Crippen LogP contribution in [0.1, 0.15) is 83.1 Å². The number of carbonyl (C=O) groups excluding carboxylic acids is 1. The first-order chi connectivity index (χ1) is 17.6. The zero-order valence-corrected chi connectivity index (χ0v) is 23.7. The molecule has 1 amide bonds. The zero-order valence-electron chi connectivity index (χ0n) is 23.7. The summed E-state index contributed by atoms with van der Waals surface area (Å²) in [6.07, 6.45) is 8.69. The van der Waals surface area contributed by atoms with Crippen molar-refractivity contribution in [1.82, 2.24) is 10.2 Å². The molecule has 9 heteroatoms. The van der Waals surface area contributed by atoms with E-state index in [0.717, 1.165) is 43.3 Å². The fourth-order valence-electron chi connectivity index (χ4n) is 6.44. The molecule has 39 heavy (non-hydrogen) atoms. The molecule has 2 saturated heterocycles. The average molecular weight is 540 g/mol. The van der Waals surface area contributed by atoms with Crippen molar-refractivity contribution in [2.45, 2.75) is 84.1 Å². The van der Waals surface area contributed by atoms with Crippen molar-refractivity contribution in [2.24, 2.45) is 35.0 Å². The number of hydrogen-bond acceptors (Lipinski definition) is 7. The third kappa shape index (κ3) is 8.50. The van der Waals surface area contributed by atoms with Crippen LogP contribution in [0.4, 0.5) is 0 Å². The van der Waals surface area contributed by atoms with E-state index in [1.54, 1.807) is 37.4 Å². The van der Waals surface area contributed by atoms with Gasteiger partial charge in [0.25, 0.3) is 5.91 Å². The zero-order chi connectivity index (χ0) is 28.3. The van der Waals surface area contributed by atoms with Gasteiger partial charge < -0.3 is 32.4 Å². The lowest BCUT2D eigenvalue weighted by molar-refractivity contribution is -0.208. The van der Waals surface area contributed by atoms with Gasteiger partial charge in [-0.3, -0.25) is 9.69 Å². The first kappa shape index (κ1) is 32.7. The molecule has 1 saturated carbocycles. The van der Waals surface area contributed by atoms with Crippen molar-refractivity contribution in [3.63, 3.8) is 0 Å². The number of nitrogens with zero attached hydrogens (tertiary/aromatic N) is 1. The Hall–Kier alpha value is -2.49. The lowest BCUT2D eigenvalue weighted by Crippen LogP contribution is -2.60. The average Bonchev–Trinajstić information content (AvgIpc) is 3.43. The number of benzene rings is 1. The van der Waals surface area contributed by atoms with Gasteiger partial charge in [0, 0.05) is 31.4 Å². The number of ether oxygens (including phenoxy) is 1. The number of fused-ring (bicyclic) bond motifs is 1.